The summed E-state index contributed by atoms with van der Waals surface area (Å²) in [5.74, 6) is 0.0172. The standard InChI is InChI=1S/C16H22ClN3O3S/c1-11-4-5-12(8-14(11)17)19-24(22,23)13-9-15(18-10-13)16(21)20-6-2-3-7-20/h4-5,8,13,15,18-19H,2-3,6-7,9-10H2,1H3. The molecule has 0 aromatic heterocycles. The number of anilines is 1. The van der Waals surface area contributed by atoms with Gasteiger partial charge < -0.3 is 10.2 Å². The van der Waals surface area contributed by atoms with Gasteiger partial charge in [-0.25, -0.2) is 8.42 Å². The van der Waals surface area contributed by atoms with Crippen molar-refractivity contribution in [3.05, 3.63) is 28.8 Å². The van der Waals surface area contributed by atoms with E-state index in [1.165, 1.54) is 0 Å². The summed E-state index contributed by atoms with van der Waals surface area (Å²) in [5.41, 5.74) is 1.33. The molecule has 1 amide bonds. The Labute approximate surface area is 147 Å². The van der Waals surface area contributed by atoms with Crippen LogP contribution in [-0.4, -0.2) is 50.2 Å². The molecule has 8 heteroatoms. The molecule has 1 aromatic rings. The van der Waals surface area contributed by atoms with Crippen molar-refractivity contribution < 1.29 is 13.2 Å². The maximum absolute atomic E-state index is 12.6. The number of benzene rings is 1. The molecule has 0 aliphatic carbocycles. The number of hydrogen-bond acceptors (Lipinski definition) is 4. The first-order chi connectivity index (χ1) is 11.4. The van der Waals surface area contributed by atoms with Crippen LogP contribution in [0.2, 0.25) is 5.02 Å². The summed E-state index contributed by atoms with van der Waals surface area (Å²) in [6.07, 6.45) is 2.34. The fourth-order valence-electron chi connectivity index (χ4n) is 3.19. The average Bonchev–Trinajstić information content (AvgIpc) is 3.21. The maximum atomic E-state index is 12.6. The molecule has 2 aliphatic rings. The van der Waals surface area contributed by atoms with Crippen molar-refractivity contribution in [3.63, 3.8) is 0 Å². The zero-order chi connectivity index (χ0) is 17.3. The number of carbonyl (C=O) groups excluding carboxylic acids is 1. The van der Waals surface area contributed by atoms with Crippen molar-refractivity contribution >= 4 is 33.2 Å². The highest BCUT2D eigenvalue weighted by Gasteiger charge is 2.39. The summed E-state index contributed by atoms with van der Waals surface area (Å²) in [5, 5.41) is 2.94. The summed E-state index contributed by atoms with van der Waals surface area (Å²) in [4.78, 5) is 14.2. The van der Waals surface area contributed by atoms with Crippen LogP contribution in [0.15, 0.2) is 18.2 Å². The van der Waals surface area contributed by atoms with Gasteiger partial charge in [0, 0.05) is 30.3 Å². The van der Waals surface area contributed by atoms with Crippen LogP contribution in [0, 0.1) is 6.92 Å². The largest absolute Gasteiger partial charge is 0.341 e. The first-order valence-corrected chi connectivity index (χ1v) is 10.1. The Kier molecular flexibility index (Phi) is 5.03. The second-order valence-electron chi connectivity index (χ2n) is 6.46. The first kappa shape index (κ1) is 17.5. The molecule has 1 aromatic carbocycles. The minimum absolute atomic E-state index is 0.0172. The smallest absolute Gasteiger partial charge is 0.239 e. The fraction of sp³-hybridized carbons (Fsp3) is 0.562. The Bertz CT molecular complexity index is 732. The molecule has 0 saturated carbocycles. The number of likely N-dealkylation sites (tertiary alicyclic amines) is 1. The highest BCUT2D eigenvalue weighted by Crippen LogP contribution is 2.24. The van der Waals surface area contributed by atoms with E-state index in [-0.39, 0.29) is 12.5 Å². The first-order valence-electron chi connectivity index (χ1n) is 8.17. The molecule has 6 nitrogen and oxygen atoms in total. The molecule has 0 radical (unpaired) electrons. The van der Waals surface area contributed by atoms with Gasteiger partial charge in [0.25, 0.3) is 0 Å². The lowest BCUT2D eigenvalue weighted by Gasteiger charge is -2.20. The molecular formula is C16H22ClN3O3S. The molecule has 2 heterocycles. The van der Waals surface area contributed by atoms with Crippen LogP contribution >= 0.6 is 11.6 Å². The third-order valence-electron chi connectivity index (χ3n) is 4.68. The molecule has 2 atom stereocenters. The number of hydrogen-bond donors (Lipinski definition) is 2. The Morgan fingerprint density at radius 1 is 1.33 bits per heavy atom. The van der Waals surface area contributed by atoms with Gasteiger partial charge in [-0.15, -0.1) is 0 Å². The molecule has 0 bridgehead atoms. The topological polar surface area (TPSA) is 78.5 Å². The second kappa shape index (κ2) is 6.90. The molecule has 24 heavy (non-hydrogen) atoms. The number of nitrogens with zero attached hydrogens (tertiary/aromatic N) is 1. The van der Waals surface area contributed by atoms with Crippen LogP contribution in [0.25, 0.3) is 0 Å². The number of carbonyl (C=O) groups is 1. The molecule has 2 N–H and O–H groups in total. The van der Waals surface area contributed by atoms with E-state index < -0.39 is 21.3 Å². The molecule has 3 rings (SSSR count). The zero-order valence-electron chi connectivity index (χ0n) is 13.6. The molecular weight excluding hydrogens is 350 g/mol. The van der Waals surface area contributed by atoms with Gasteiger partial charge in [-0.3, -0.25) is 9.52 Å². The minimum Gasteiger partial charge on any atom is -0.341 e. The number of aryl methyl sites for hydroxylation is 1. The third kappa shape index (κ3) is 3.68. The summed E-state index contributed by atoms with van der Waals surface area (Å²) in [6, 6.07) is 4.65. The molecule has 2 fully saturated rings. The monoisotopic (exact) mass is 371 g/mol. The maximum Gasteiger partial charge on any atom is 0.239 e. The van der Waals surface area contributed by atoms with Crippen LogP contribution in [0.1, 0.15) is 24.8 Å². The van der Waals surface area contributed by atoms with Crippen molar-refractivity contribution in [1.29, 1.82) is 0 Å². The van der Waals surface area contributed by atoms with E-state index in [2.05, 4.69) is 10.0 Å². The number of sulfonamides is 1. The second-order valence-corrected chi connectivity index (χ2v) is 8.83. The van der Waals surface area contributed by atoms with E-state index in [0.717, 1.165) is 31.5 Å². The number of halogens is 1. The van der Waals surface area contributed by atoms with Crippen molar-refractivity contribution in [2.75, 3.05) is 24.4 Å². The van der Waals surface area contributed by atoms with E-state index in [4.69, 9.17) is 11.6 Å². The molecule has 0 spiro atoms. The van der Waals surface area contributed by atoms with Gasteiger partial charge in [-0.05, 0) is 43.9 Å². The van der Waals surface area contributed by atoms with Crippen LogP contribution in [0.4, 0.5) is 5.69 Å². The Morgan fingerprint density at radius 3 is 2.71 bits per heavy atom. The van der Waals surface area contributed by atoms with E-state index >= 15 is 0 Å². The van der Waals surface area contributed by atoms with Crippen molar-refractivity contribution in [1.82, 2.24) is 10.2 Å². The van der Waals surface area contributed by atoms with Gasteiger partial charge >= 0.3 is 0 Å². The average molecular weight is 372 g/mol. The zero-order valence-corrected chi connectivity index (χ0v) is 15.2. The third-order valence-corrected chi connectivity index (χ3v) is 6.84. The van der Waals surface area contributed by atoms with Crippen molar-refractivity contribution in [2.24, 2.45) is 0 Å². The van der Waals surface area contributed by atoms with Gasteiger partial charge in [0.15, 0.2) is 0 Å². The highest BCUT2D eigenvalue weighted by molar-refractivity contribution is 7.93. The lowest BCUT2D eigenvalue weighted by Crippen LogP contribution is -2.42. The van der Waals surface area contributed by atoms with E-state index in [1.54, 1.807) is 18.2 Å². The SMILES string of the molecule is Cc1ccc(NS(=O)(=O)C2CNC(C(=O)N3CCCC3)C2)cc1Cl. The van der Waals surface area contributed by atoms with E-state index in [1.807, 2.05) is 11.8 Å². The summed E-state index contributed by atoms with van der Waals surface area (Å²) in [6.45, 7) is 3.68. The fourth-order valence-corrected chi connectivity index (χ4v) is 4.75. The Morgan fingerprint density at radius 2 is 2.04 bits per heavy atom. The number of nitrogens with one attached hydrogen (secondary N) is 2. The summed E-state index contributed by atoms with van der Waals surface area (Å²) in [7, 11) is -3.57. The van der Waals surface area contributed by atoms with Gasteiger partial charge in [0.2, 0.25) is 15.9 Å². The highest BCUT2D eigenvalue weighted by atomic mass is 35.5. The predicted octanol–water partition coefficient (Wildman–Crippen LogP) is 1.74. The molecule has 132 valence electrons. The van der Waals surface area contributed by atoms with Crippen LogP contribution in [-0.2, 0) is 14.8 Å². The van der Waals surface area contributed by atoms with E-state index in [9.17, 15) is 13.2 Å². The van der Waals surface area contributed by atoms with Gasteiger partial charge in [-0.2, -0.15) is 0 Å². The Hall–Kier alpha value is -1.31. The van der Waals surface area contributed by atoms with E-state index in [0.29, 0.717) is 17.1 Å². The van der Waals surface area contributed by atoms with Crippen molar-refractivity contribution in [3.8, 4) is 0 Å². The van der Waals surface area contributed by atoms with Gasteiger partial charge in [0.05, 0.1) is 11.3 Å². The van der Waals surface area contributed by atoms with Crippen LogP contribution in [0.3, 0.4) is 0 Å². The van der Waals surface area contributed by atoms with Crippen molar-refractivity contribution in [2.45, 2.75) is 37.5 Å². The Balaban J connectivity index is 1.65. The van der Waals surface area contributed by atoms with Crippen LogP contribution < -0.4 is 10.0 Å². The molecule has 2 saturated heterocycles. The molecule has 2 aliphatic heterocycles. The quantitative estimate of drug-likeness (QED) is 0.845. The van der Waals surface area contributed by atoms with Crippen LogP contribution in [0.5, 0.6) is 0 Å². The minimum atomic E-state index is -3.57. The lowest BCUT2D eigenvalue weighted by molar-refractivity contribution is -0.131. The predicted molar refractivity (Wildman–Crippen MR) is 94.7 cm³/mol. The summed E-state index contributed by atoms with van der Waals surface area (Å²) >= 11 is 6.04. The number of rotatable bonds is 4. The lowest BCUT2D eigenvalue weighted by atomic mass is 10.2. The summed E-state index contributed by atoms with van der Waals surface area (Å²) < 4.78 is 27.7. The normalized spacial score (nSPS) is 24.3. The van der Waals surface area contributed by atoms with Gasteiger partial charge in [-0.1, -0.05) is 17.7 Å². The molecule has 2 unspecified atom stereocenters. The number of amides is 1. The van der Waals surface area contributed by atoms with Gasteiger partial charge in [0.1, 0.15) is 0 Å².